The maximum Gasteiger partial charge on any atom is 0.328 e. The molecular weight excluding hydrogens is 216 g/mol. The second kappa shape index (κ2) is 4.75. The molecule has 4 N–H and O–H groups in total. The van der Waals surface area contributed by atoms with Crippen LogP contribution in [0.4, 0.5) is 0 Å². The van der Waals surface area contributed by atoms with E-state index in [0.717, 1.165) is 11.0 Å². The van der Waals surface area contributed by atoms with Gasteiger partial charge in [-0.3, -0.25) is 4.79 Å². The Balaban J connectivity index is 2.74. The summed E-state index contributed by atoms with van der Waals surface area (Å²) >= 11 is 0. The summed E-state index contributed by atoms with van der Waals surface area (Å²) in [6, 6.07) is -1.36. The topological polar surface area (TPSA) is 121 Å². The van der Waals surface area contributed by atoms with Crippen LogP contribution < -0.4 is 5.73 Å². The molecule has 0 spiro atoms. The van der Waals surface area contributed by atoms with E-state index in [4.69, 9.17) is 15.9 Å². The van der Waals surface area contributed by atoms with Gasteiger partial charge < -0.3 is 20.8 Å². The third-order valence-electron chi connectivity index (χ3n) is 2.27. The number of carboxylic acid groups (broad SMARTS) is 2. The number of carboxylic acids is 2. The Bertz CT molecular complexity index is 352. The van der Waals surface area contributed by atoms with Crippen molar-refractivity contribution in [3.05, 3.63) is 12.2 Å². The highest BCUT2D eigenvalue weighted by atomic mass is 16.4. The van der Waals surface area contributed by atoms with Crippen molar-refractivity contribution in [2.75, 3.05) is 6.54 Å². The van der Waals surface area contributed by atoms with Gasteiger partial charge in [-0.15, -0.1) is 0 Å². The molecule has 0 aromatic heterocycles. The summed E-state index contributed by atoms with van der Waals surface area (Å²) in [4.78, 5) is 33.5. The highest BCUT2D eigenvalue weighted by Gasteiger charge is 2.37. The third kappa shape index (κ3) is 2.80. The van der Waals surface area contributed by atoms with Crippen LogP contribution >= 0.6 is 0 Å². The Morgan fingerprint density at radius 1 is 1.25 bits per heavy atom. The fourth-order valence-electron chi connectivity index (χ4n) is 1.58. The van der Waals surface area contributed by atoms with Crippen molar-refractivity contribution >= 4 is 17.8 Å². The van der Waals surface area contributed by atoms with Crippen LogP contribution in [0, 0.1) is 0 Å². The number of hydrogen-bond acceptors (Lipinski definition) is 4. The number of nitrogens with zero attached hydrogens (tertiary/aromatic N) is 1. The normalized spacial score (nSPS) is 24.9. The summed E-state index contributed by atoms with van der Waals surface area (Å²) < 4.78 is 0. The number of amides is 1. The number of carbonyl (C=O) groups excluding carboxylic acids is 1. The molecule has 7 nitrogen and oxygen atoms in total. The van der Waals surface area contributed by atoms with Crippen LogP contribution in [0.3, 0.4) is 0 Å². The van der Waals surface area contributed by atoms with Crippen LogP contribution in [0.25, 0.3) is 0 Å². The van der Waals surface area contributed by atoms with E-state index in [0.29, 0.717) is 6.08 Å². The monoisotopic (exact) mass is 228 g/mol. The standard InChI is InChI=1S/C9H12N2O5/c10-5-3-6(9(15)16)11(4-5)7(12)1-2-8(13)14/h1-2,5-6H,3-4,10H2,(H,13,14)(H,15,16)/b2-1-. The molecule has 1 aliphatic heterocycles. The number of nitrogens with two attached hydrogens (primary N) is 1. The predicted octanol–water partition coefficient (Wildman–Crippen LogP) is -1.36. The van der Waals surface area contributed by atoms with Gasteiger partial charge in [-0.1, -0.05) is 0 Å². The van der Waals surface area contributed by atoms with Gasteiger partial charge in [-0.2, -0.15) is 0 Å². The molecule has 2 unspecified atom stereocenters. The molecule has 0 bridgehead atoms. The molecule has 1 aliphatic rings. The van der Waals surface area contributed by atoms with Gasteiger partial charge in [0.2, 0.25) is 5.91 Å². The van der Waals surface area contributed by atoms with Gasteiger partial charge in [0.1, 0.15) is 6.04 Å². The molecule has 0 aliphatic carbocycles. The molecular formula is C9H12N2O5. The van der Waals surface area contributed by atoms with Crippen LogP contribution in [-0.4, -0.2) is 51.6 Å². The van der Waals surface area contributed by atoms with E-state index >= 15 is 0 Å². The molecule has 0 aromatic rings. The maximum atomic E-state index is 11.5. The zero-order chi connectivity index (χ0) is 12.3. The van der Waals surface area contributed by atoms with Gasteiger partial charge in [0.15, 0.2) is 0 Å². The molecule has 1 fully saturated rings. The Kier molecular flexibility index (Phi) is 3.62. The van der Waals surface area contributed by atoms with Gasteiger partial charge >= 0.3 is 11.9 Å². The van der Waals surface area contributed by atoms with Crippen LogP contribution in [-0.2, 0) is 14.4 Å². The Morgan fingerprint density at radius 3 is 2.38 bits per heavy atom. The van der Waals surface area contributed by atoms with Crippen molar-refractivity contribution in [3.63, 3.8) is 0 Å². The van der Waals surface area contributed by atoms with E-state index in [2.05, 4.69) is 0 Å². The number of aliphatic carboxylic acids is 2. The predicted molar refractivity (Wildman–Crippen MR) is 52.5 cm³/mol. The Hall–Kier alpha value is -1.89. The van der Waals surface area contributed by atoms with Crippen molar-refractivity contribution < 1.29 is 24.6 Å². The van der Waals surface area contributed by atoms with Crippen molar-refractivity contribution in [3.8, 4) is 0 Å². The number of likely N-dealkylation sites (tertiary alicyclic amines) is 1. The molecule has 0 radical (unpaired) electrons. The fraction of sp³-hybridized carbons (Fsp3) is 0.444. The molecule has 7 heteroatoms. The summed E-state index contributed by atoms with van der Waals surface area (Å²) in [6.07, 6.45) is 1.68. The first-order chi connectivity index (χ1) is 7.41. The zero-order valence-electron chi connectivity index (χ0n) is 8.37. The van der Waals surface area contributed by atoms with Crippen LogP contribution in [0.5, 0.6) is 0 Å². The summed E-state index contributed by atoms with van der Waals surface area (Å²) in [5.41, 5.74) is 5.55. The molecule has 0 saturated carbocycles. The highest BCUT2D eigenvalue weighted by molar-refractivity contribution is 5.96. The summed E-state index contributed by atoms with van der Waals surface area (Å²) in [6.45, 7) is 0.125. The minimum Gasteiger partial charge on any atom is -0.480 e. The highest BCUT2D eigenvalue weighted by Crippen LogP contribution is 2.17. The quantitative estimate of drug-likeness (QED) is 0.513. The van der Waals surface area contributed by atoms with Gasteiger partial charge in [0, 0.05) is 24.7 Å². The Morgan fingerprint density at radius 2 is 1.88 bits per heavy atom. The first-order valence-corrected chi connectivity index (χ1v) is 4.62. The minimum atomic E-state index is -1.26. The van der Waals surface area contributed by atoms with Crippen molar-refractivity contribution in [2.45, 2.75) is 18.5 Å². The van der Waals surface area contributed by atoms with Crippen LogP contribution in [0.2, 0.25) is 0 Å². The largest absolute Gasteiger partial charge is 0.480 e. The zero-order valence-corrected chi connectivity index (χ0v) is 8.37. The van der Waals surface area contributed by atoms with E-state index in [9.17, 15) is 14.4 Å². The maximum absolute atomic E-state index is 11.5. The van der Waals surface area contributed by atoms with Gasteiger partial charge in [-0.25, -0.2) is 9.59 Å². The van der Waals surface area contributed by atoms with Crippen molar-refractivity contribution in [2.24, 2.45) is 5.73 Å². The lowest BCUT2D eigenvalue weighted by Gasteiger charge is -2.19. The van der Waals surface area contributed by atoms with E-state index < -0.39 is 23.9 Å². The summed E-state index contributed by atoms with van der Waals surface area (Å²) in [5, 5.41) is 17.2. The molecule has 1 heterocycles. The molecule has 88 valence electrons. The molecule has 16 heavy (non-hydrogen) atoms. The average Bonchev–Trinajstić information content (AvgIpc) is 2.56. The smallest absolute Gasteiger partial charge is 0.328 e. The summed E-state index contributed by atoms with van der Waals surface area (Å²) in [5.74, 6) is -3.04. The second-order valence-electron chi connectivity index (χ2n) is 3.51. The van der Waals surface area contributed by atoms with E-state index in [1.165, 1.54) is 0 Å². The summed E-state index contributed by atoms with van der Waals surface area (Å²) in [7, 11) is 0. The SMILES string of the molecule is NC1CC(C(=O)O)N(C(=O)/C=C\C(=O)O)C1. The molecule has 1 rings (SSSR count). The van der Waals surface area contributed by atoms with Gasteiger partial charge in [-0.05, 0) is 6.42 Å². The van der Waals surface area contributed by atoms with Crippen LogP contribution in [0.1, 0.15) is 6.42 Å². The third-order valence-corrected chi connectivity index (χ3v) is 2.27. The first kappa shape index (κ1) is 12.2. The van der Waals surface area contributed by atoms with Gasteiger partial charge in [0.25, 0.3) is 0 Å². The first-order valence-electron chi connectivity index (χ1n) is 4.62. The average molecular weight is 228 g/mol. The lowest BCUT2D eigenvalue weighted by molar-refractivity contribution is -0.146. The molecule has 0 aromatic carbocycles. The number of carbonyl (C=O) groups is 3. The van der Waals surface area contributed by atoms with Gasteiger partial charge in [0.05, 0.1) is 0 Å². The van der Waals surface area contributed by atoms with Crippen molar-refractivity contribution in [1.29, 1.82) is 0 Å². The molecule has 1 saturated heterocycles. The lowest BCUT2D eigenvalue weighted by Crippen LogP contribution is -2.39. The van der Waals surface area contributed by atoms with Crippen LogP contribution in [0.15, 0.2) is 12.2 Å². The fourth-order valence-corrected chi connectivity index (χ4v) is 1.58. The Labute approximate surface area is 91.1 Å². The molecule has 1 amide bonds. The lowest BCUT2D eigenvalue weighted by atomic mass is 10.2. The van der Waals surface area contributed by atoms with E-state index in [-0.39, 0.29) is 19.0 Å². The number of rotatable bonds is 3. The van der Waals surface area contributed by atoms with E-state index in [1.54, 1.807) is 0 Å². The molecule has 2 atom stereocenters. The number of hydrogen-bond donors (Lipinski definition) is 3. The van der Waals surface area contributed by atoms with E-state index in [1.807, 2.05) is 0 Å². The minimum absolute atomic E-state index is 0.125. The van der Waals surface area contributed by atoms with Crippen molar-refractivity contribution in [1.82, 2.24) is 4.90 Å². The second-order valence-corrected chi connectivity index (χ2v) is 3.51.